The second-order valence-electron chi connectivity index (χ2n) is 5.67. The molecular weight excluding hydrogens is 377 g/mol. The lowest BCUT2D eigenvalue weighted by atomic mass is 10.00. The number of nitrogens with zero attached hydrogens (tertiary/aromatic N) is 1. The highest BCUT2D eigenvalue weighted by Gasteiger charge is 2.33. The zero-order valence-corrected chi connectivity index (χ0v) is 14.6. The molecule has 1 aliphatic carbocycles. The smallest absolute Gasteiger partial charge is 0.345 e. The summed E-state index contributed by atoms with van der Waals surface area (Å²) in [5.41, 5.74) is 0.799. The van der Waals surface area contributed by atoms with E-state index in [2.05, 4.69) is 20.9 Å². The average molecular weight is 392 g/mol. The minimum atomic E-state index is -0.665. The quantitative estimate of drug-likeness (QED) is 0.422. The van der Waals surface area contributed by atoms with Crippen molar-refractivity contribution >= 4 is 27.7 Å². The molecule has 1 heterocycles. The first kappa shape index (κ1) is 16.8. The maximum absolute atomic E-state index is 14.3. The molecule has 0 saturated heterocycles. The highest BCUT2D eigenvalue weighted by Crippen LogP contribution is 2.47. The van der Waals surface area contributed by atoms with Crippen molar-refractivity contribution in [1.29, 1.82) is 0 Å². The fourth-order valence-corrected chi connectivity index (χ4v) is 2.89. The van der Waals surface area contributed by atoms with Crippen molar-refractivity contribution in [2.24, 2.45) is 0 Å². The van der Waals surface area contributed by atoms with Gasteiger partial charge in [0, 0.05) is 28.9 Å². The number of benzene rings is 1. The van der Waals surface area contributed by atoms with Gasteiger partial charge in [0.2, 0.25) is 0 Å². The molecule has 2 aromatic rings. The molecule has 0 aliphatic heterocycles. The molecule has 6 heteroatoms. The molecule has 0 unspecified atom stereocenters. The number of aromatic nitrogens is 1. The van der Waals surface area contributed by atoms with E-state index in [0.717, 1.165) is 12.8 Å². The molecule has 24 heavy (non-hydrogen) atoms. The van der Waals surface area contributed by atoms with Gasteiger partial charge in [0.25, 0.3) is 0 Å². The van der Waals surface area contributed by atoms with Crippen LogP contribution in [0, 0.1) is 5.82 Å². The summed E-state index contributed by atoms with van der Waals surface area (Å²) in [6.07, 6.45) is 4.80. The topological polar surface area (TPSA) is 56.3 Å². The third-order valence-electron chi connectivity index (χ3n) is 3.89. The number of Topliss-reactive ketones (excluding diaryl/α,β-unsaturated/α-hetero) is 1. The summed E-state index contributed by atoms with van der Waals surface area (Å²) in [5.74, 6) is -1.25. The molecule has 0 bridgehead atoms. The molecule has 1 aliphatic rings. The van der Waals surface area contributed by atoms with Gasteiger partial charge in [-0.1, -0.05) is 6.92 Å². The first-order valence-corrected chi connectivity index (χ1v) is 8.49. The number of esters is 1. The van der Waals surface area contributed by atoms with Crippen molar-refractivity contribution in [2.75, 3.05) is 0 Å². The monoisotopic (exact) mass is 391 g/mol. The Morgan fingerprint density at radius 1 is 1.33 bits per heavy atom. The Kier molecular flexibility index (Phi) is 4.76. The number of carbonyl (C=O) groups is 2. The molecule has 0 N–H and O–H groups in total. The van der Waals surface area contributed by atoms with Crippen LogP contribution in [0.3, 0.4) is 0 Å². The van der Waals surface area contributed by atoms with Crippen LogP contribution in [0.15, 0.2) is 35.1 Å². The van der Waals surface area contributed by atoms with Gasteiger partial charge in [-0.3, -0.25) is 9.78 Å². The fraction of sp³-hybridized carbons (Fsp3) is 0.278. The molecule has 1 saturated carbocycles. The van der Waals surface area contributed by atoms with Gasteiger partial charge in [0.1, 0.15) is 11.6 Å². The van der Waals surface area contributed by atoms with Crippen molar-refractivity contribution in [3.63, 3.8) is 0 Å². The van der Waals surface area contributed by atoms with E-state index in [1.807, 2.05) is 0 Å². The Balaban J connectivity index is 2.03. The summed E-state index contributed by atoms with van der Waals surface area (Å²) >= 11 is 3.24. The van der Waals surface area contributed by atoms with Crippen LogP contribution in [0.5, 0.6) is 5.75 Å². The number of ether oxygens (including phenoxy) is 1. The third-order valence-corrected chi connectivity index (χ3v) is 4.32. The van der Waals surface area contributed by atoms with Crippen molar-refractivity contribution in [3.05, 3.63) is 57.6 Å². The summed E-state index contributed by atoms with van der Waals surface area (Å²) < 4.78 is 20.4. The highest BCUT2D eigenvalue weighted by atomic mass is 79.9. The standard InChI is InChI=1S/C18H15BrFNO3/c1-2-15(22)13-5-6-14(20)16(10-3-4-10)17(13)24-18(23)11-7-12(19)9-21-8-11/h5-10H,2-4H2,1H3. The van der Waals surface area contributed by atoms with Gasteiger partial charge in [-0.05, 0) is 52.9 Å². The predicted octanol–water partition coefficient (Wildman–Crippen LogP) is 4.67. The molecule has 1 aromatic carbocycles. The number of halogens is 2. The van der Waals surface area contributed by atoms with Gasteiger partial charge in [0.15, 0.2) is 5.78 Å². The minimum absolute atomic E-state index is 0.00181. The Morgan fingerprint density at radius 2 is 2.08 bits per heavy atom. The average Bonchev–Trinajstić information content (AvgIpc) is 3.39. The number of pyridine rings is 1. The number of rotatable bonds is 5. The molecule has 4 nitrogen and oxygen atoms in total. The lowest BCUT2D eigenvalue weighted by Gasteiger charge is -2.14. The lowest BCUT2D eigenvalue weighted by molar-refractivity contribution is 0.0729. The first-order valence-electron chi connectivity index (χ1n) is 7.69. The molecule has 0 amide bonds. The second-order valence-corrected chi connectivity index (χ2v) is 6.59. The molecule has 124 valence electrons. The van der Waals surface area contributed by atoms with E-state index in [1.165, 1.54) is 18.3 Å². The Hall–Kier alpha value is -2.08. The van der Waals surface area contributed by atoms with E-state index in [4.69, 9.17) is 4.74 Å². The van der Waals surface area contributed by atoms with Gasteiger partial charge >= 0.3 is 5.97 Å². The predicted molar refractivity (Wildman–Crippen MR) is 89.9 cm³/mol. The number of hydrogen-bond acceptors (Lipinski definition) is 4. The summed E-state index contributed by atoms with van der Waals surface area (Å²) in [6, 6.07) is 4.22. The van der Waals surface area contributed by atoms with E-state index in [0.29, 0.717) is 10.0 Å². The van der Waals surface area contributed by atoms with Crippen LogP contribution in [0.2, 0.25) is 0 Å². The highest BCUT2D eigenvalue weighted by molar-refractivity contribution is 9.10. The molecule has 1 fully saturated rings. The zero-order chi connectivity index (χ0) is 17.3. The van der Waals surface area contributed by atoms with Crippen LogP contribution in [0.1, 0.15) is 58.4 Å². The fourth-order valence-electron chi connectivity index (χ4n) is 2.52. The number of carbonyl (C=O) groups excluding carboxylic acids is 2. The normalized spacial score (nSPS) is 13.6. The molecule has 0 spiro atoms. The van der Waals surface area contributed by atoms with Gasteiger partial charge in [-0.2, -0.15) is 0 Å². The maximum atomic E-state index is 14.3. The van der Waals surface area contributed by atoms with E-state index in [1.54, 1.807) is 19.2 Å². The van der Waals surface area contributed by atoms with Crippen LogP contribution in [0.4, 0.5) is 4.39 Å². The maximum Gasteiger partial charge on any atom is 0.345 e. The van der Waals surface area contributed by atoms with Crippen LogP contribution in [-0.4, -0.2) is 16.7 Å². The Morgan fingerprint density at radius 3 is 2.71 bits per heavy atom. The number of ketones is 1. The first-order chi connectivity index (χ1) is 11.5. The van der Waals surface area contributed by atoms with Crippen molar-refractivity contribution in [1.82, 2.24) is 4.98 Å². The van der Waals surface area contributed by atoms with Crippen molar-refractivity contribution < 1.29 is 18.7 Å². The van der Waals surface area contributed by atoms with Gasteiger partial charge < -0.3 is 4.74 Å². The van der Waals surface area contributed by atoms with E-state index in [9.17, 15) is 14.0 Å². The zero-order valence-electron chi connectivity index (χ0n) is 13.0. The van der Waals surface area contributed by atoms with E-state index >= 15 is 0 Å². The number of hydrogen-bond donors (Lipinski definition) is 0. The van der Waals surface area contributed by atoms with Crippen LogP contribution < -0.4 is 4.74 Å². The van der Waals surface area contributed by atoms with Crippen LogP contribution >= 0.6 is 15.9 Å². The Bertz CT molecular complexity index is 818. The molecule has 1 aromatic heterocycles. The minimum Gasteiger partial charge on any atom is -0.422 e. The van der Waals surface area contributed by atoms with E-state index < -0.39 is 11.8 Å². The van der Waals surface area contributed by atoms with Gasteiger partial charge in [0.05, 0.1) is 11.1 Å². The van der Waals surface area contributed by atoms with Gasteiger partial charge in [-0.15, -0.1) is 0 Å². The van der Waals surface area contributed by atoms with Crippen molar-refractivity contribution in [3.8, 4) is 5.75 Å². The summed E-state index contributed by atoms with van der Waals surface area (Å²) in [5, 5.41) is 0. The molecule has 0 atom stereocenters. The second kappa shape index (κ2) is 6.81. The summed E-state index contributed by atoms with van der Waals surface area (Å²) in [6.45, 7) is 1.71. The summed E-state index contributed by atoms with van der Waals surface area (Å²) in [4.78, 5) is 28.5. The largest absolute Gasteiger partial charge is 0.422 e. The van der Waals surface area contributed by atoms with Gasteiger partial charge in [-0.25, -0.2) is 9.18 Å². The van der Waals surface area contributed by atoms with Crippen molar-refractivity contribution in [2.45, 2.75) is 32.1 Å². The molecule has 3 rings (SSSR count). The summed E-state index contributed by atoms with van der Waals surface area (Å²) in [7, 11) is 0. The molecule has 0 radical (unpaired) electrons. The third kappa shape index (κ3) is 3.38. The SMILES string of the molecule is CCC(=O)c1ccc(F)c(C2CC2)c1OC(=O)c1cncc(Br)c1. The molecular formula is C18H15BrFNO3. The van der Waals surface area contributed by atoms with Crippen LogP contribution in [-0.2, 0) is 0 Å². The Labute approximate surface area is 147 Å². The lowest BCUT2D eigenvalue weighted by Crippen LogP contribution is -2.14. The van der Waals surface area contributed by atoms with Crippen LogP contribution in [0.25, 0.3) is 0 Å². The van der Waals surface area contributed by atoms with E-state index in [-0.39, 0.29) is 35.0 Å².